The molecule has 72 heavy (non-hydrogen) atoms. The van der Waals surface area contributed by atoms with Crippen molar-refractivity contribution in [2.45, 2.75) is 136 Å². The van der Waals surface area contributed by atoms with Gasteiger partial charge < -0.3 is 4.57 Å². The Morgan fingerprint density at radius 1 is 0.417 bits per heavy atom. The summed E-state index contributed by atoms with van der Waals surface area (Å²) >= 11 is 3.88. The Balaban J connectivity index is 0.953. The zero-order valence-electron chi connectivity index (χ0n) is 43.8. The Hall–Kier alpha value is -6.00. The number of rotatable bonds is 14. The molecular formula is C69H69NS2. The Morgan fingerprint density at radius 2 is 0.931 bits per heavy atom. The van der Waals surface area contributed by atoms with E-state index in [0.717, 1.165) is 0 Å². The normalized spacial score (nSPS) is 13.7. The van der Waals surface area contributed by atoms with Crippen molar-refractivity contribution in [3.63, 3.8) is 0 Å². The molecule has 0 atom stereocenters. The van der Waals surface area contributed by atoms with Crippen LogP contribution in [0.15, 0.2) is 152 Å². The molecule has 0 unspecified atom stereocenters. The minimum atomic E-state index is -0.0564. The van der Waals surface area contributed by atoms with Crippen molar-refractivity contribution < 1.29 is 0 Å². The first-order valence-corrected chi connectivity index (χ1v) is 28.7. The van der Waals surface area contributed by atoms with Crippen molar-refractivity contribution in [1.29, 1.82) is 0 Å². The van der Waals surface area contributed by atoms with Crippen LogP contribution in [0.2, 0.25) is 0 Å². The second-order valence-electron chi connectivity index (χ2n) is 23.3. The van der Waals surface area contributed by atoms with Crippen LogP contribution in [0.5, 0.6) is 0 Å². The number of hydrogen-bond acceptors (Lipinski definition) is 2. The van der Waals surface area contributed by atoms with E-state index in [1.807, 2.05) is 22.7 Å². The van der Waals surface area contributed by atoms with E-state index in [0.29, 0.717) is 0 Å². The number of aromatic nitrogens is 1. The first kappa shape index (κ1) is 47.0. The SMILES string of the molecule is CCCCCCC1(CCCCCC)c2cc(-c3ccc(-c4ccc(-c5ccc6ccc7cccc8ccc5c6c78)s4)s3)ccc2-c2ccc(-n3c4ccc(C(C)(C)C)cc4c4cc(C(C)(C)C)ccc43)cc21. The van der Waals surface area contributed by atoms with Crippen LogP contribution in [0, 0.1) is 0 Å². The van der Waals surface area contributed by atoms with E-state index in [1.54, 1.807) is 5.56 Å². The lowest BCUT2D eigenvalue weighted by Gasteiger charge is -2.33. The molecule has 0 fully saturated rings. The van der Waals surface area contributed by atoms with E-state index in [4.69, 9.17) is 0 Å². The molecule has 0 amide bonds. The average molecular weight is 976 g/mol. The summed E-state index contributed by atoms with van der Waals surface area (Å²) < 4.78 is 2.59. The third-order valence-corrected chi connectivity index (χ3v) is 19.0. The molecule has 0 aliphatic heterocycles. The molecule has 0 saturated heterocycles. The molecule has 1 nitrogen and oxygen atoms in total. The third-order valence-electron chi connectivity index (χ3n) is 16.5. The van der Waals surface area contributed by atoms with Gasteiger partial charge in [-0.1, -0.05) is 192 Å². The highest BCUT2D eigenvalue weighted by atomic mass is 32.1. The Labute approximate surface area is 435 Å². The monoisotopic (exact) mass is 975 g/mol. The highest BCUT2D eigenvalue weighted by Gasteiger charge is 2.43. The van der Waals surface area contributed by atoms with Gasteiger partial charge in [0, 0.05) is 41.4 Å². The fraction of sp³-hybridized carbons (Fsp3) is 0.304. The minimum absolute atomic E-state index is 0.0564. The molecule has 11 aromatic rings. The van der Waals surface area contributed by atoms with Crippen LogP contribution in [-0.4, -0.2) is 4.57 Å². The van der Waals surface area contributed by atoms with Gasteiger partial charge in [0.2, 0.25) is 0 Å². The van der Waals surface area contributed by atoms with Crippen molar-refractivity contribution in [2.24, 2.45) is 0 Å². The minimum Gasteiger partial charge on any atom is -0.309 e. The van der Waals surface area contributed by atoms with Gasteiger partial charge in [0.15, 0.2) is 0 Å². The molecule has 1 aliphatic rings. The maximum atomic E-state index is 2.64. The van der Waals surface area contributed by atoms with Crippen molar-refractivity contribution in [3.05, 3.63) is 174 Å². The highest BCUT2D eigenvalue weighted by Crippen LogP contribution is 2.56. The van der Waals surface area contributed by atoms with Gasteiger partial charge in [0.05, 0.1) is 11.0 Å². The quantitative estimate of drug-likeness (QED) is 0.0756. The van der Waals surface area contributed by atoms with Gasteiger partial charge in [-0.3, -0.25) is 0 Å². The van der Waals surface area contributed by atoms with Crippen LogP contribution in [0.25, 0.3) is 102 Å². The van der Waals surface area contributed by atoms with E-state index in [1.165, 1.54) is 182 Å². The van der Waals surface area contributed by atoms with Crippen molar-refractivity contribution >= 4 is 76.8 Å². The Kier molecular flexibility index (Phi) is 11.9. The summed E-state index contributed by atoms with van der Waals surface area (Å²) in [6, 6.07) is 59.7. The molecule has 3 aromatic heterocycles. The standard InChI is InChI=1S/C69H69NS2/c1-9-11-13-15-38-69(39-16-14-12-10-2)57-40-47(61-34-36-63(71-61)64-37-35-62(72-64)53-29-22-46-21-20-44-18-17-19-45-23-30-54(53)66(46)65(44)45)24-28-51(57)52-31-27-50(43-58(52)69)70-59-32-25-48(67(3,4)5)41-55(59)56-42-49(68(6,7)8)26-33-60(56)70/h17-37,40-43H,9-16,38-39H2,1-8H3. The lowest BCUT2D eigenvalue weighted by molar-refractivity contribution is 0.401. The number of nitrogens with zero attached hydrogens (tertiary/aromatic N) is 1. The fourth-order valence-corrected chi connectivity index (χ4v) is 14.7. The molecular weight excluding hydrogens is 907 g/mol. The number of benzene rings is 8. The van der Waals surface area contributed by atoms with Gasteiger partial charge in [-0.15, -0.1) is 22.7 Å². The molecule has 0 saturated carbocycles. The van der Waals surface area contributed by atoms with Gasteiger partial charge >= 0.3 is 0 Å². The molecule has 0 radical (unpaired) electrons. The lowest BCUT2D eigenvalue weighted by Crippen LogP contribution is -2.26. The van der Waals surface area contributed by atoms with Gasteiger partial charge in [0.1, 0.15) is 0 Å². The highest BCUT2D eigenvalue weighted by molar-refractivity contribution is 7.25. The molecule has 362 valence electrons. The number of unbranched alkanes of at least 4 members (excludes halogenated alkanes) is 6. The van der Waals surface area contributed by atoms with Gasteiger partial charge in [0.25, 0.3) is 0 Å². The predicted octanol–water partition coefficient (Wildman–Crippen LogP) is 21.6. The third kappa shape index (κ3) is 7.93. The molecule has 0 spiro atoms. The zero-order chi connectivity index (χ0) is 49.5. The number of hydrogen-bond donors (Lipinski definition) is 0. The van der Waals surface area contributed by atoms with E-state index < -0.39 is 0 Å². The summed E-state index contributed by atoms with van der Waals surface area (Å²) in [5, 5.41) is 10.8. The van der Waals surface area contributed by atoms with E-state index in [2.05, 4.69) is 212 Å². The predicted molar refractivity (Wildman–Crippen MR) is 318 cm³/mol. The van der Waals surface area contributed by atoms with Crippen LogP contribution in [0.1, 0.15) is 142 Å². The largest absolute Gasteiger partial charge is 0.309 e. The molecule has 3 heteroatoms. The molecule has 1 aliphatic carbocycles. The summed E-state index contributed by atoms with van der Waals surface area (Å²) in [6.07, 6.45) is 12.5. The Bertz CT molecular complexity index is 3720. The van der Waals surface area contributed by atoms with Crippen LogP contribution >= 0.6 is 22.7 Å². The second-order valence-corrected chi connectivity index (χ2v) is 25.5. The van der Waals surface area contributed by atoms with Crippen LogP contribution in [0.4, 0.5) is 0 Å². The summed E-state index contributed by atoms with van der Waals surface area (Å²) in [6.45, 7) is 18.7. The smallest absolute Gasteiger partial charge is 0.0541 e. The van der Waals surface area contributed by atoms with Gasteiger partial charge in [-0.25, -0.2) is 0 Å². The molecule has 0 N–H and O–H groups in total. The Morgan fingerprint density at radius 3 is 1.54 bits per heavy atom. The van der Waals surface area contributed by atoms with E-state index in [9.17, 15) is 0 Å². The van der Waals surface area contributed by atoms with Crippen LogP contribution in [-0.2, 0) is 16.2 Å². The van der Waals surface area contributed by atoms with Crippen LogP contribution < -0.4 is 0 Å². The summed E-state index contributed by atoms with van der Waals surface area (Å²) in [7, 11) is 0. The number of fused-ring (bicyclic) bond motifs is 6. The first-order chi connectivity index (χ1) is 34.8. The summed E-state index contributed by atoms with van der Waals surface area (Å²) in [5.41, 5.74) is 15.3. The second kappa shape index (κ2) is 18.2. The van der Waals surface area contributed by atoms with Crippen LogP contribution in [0.3, 0.4) is 0 Å². The molecule has 0 bridgehead atoms. The van der Waals surface area contributed by atoms with E-state index >= 15 is 0 Å². The molecule has 3 heterocycles. The maximum Gasteiger partial charge on any atom is 0.0541 e. The van der Waals surface area contributed by atoms with E-state index in [-0.39, 0.29) is 16.2 Å². The van der Waals surface area contributed by atoms with Crippen molar-refractivity contribution in [2.75, 3.05) is 0 Å². The maximum absolute atomic E-state index is 2.64. The average Bonchev–Trinajstić information content (AvgIpc) is 4.19. The topological polar surface area (TPSA) is 4.93 Å². The van der Waals surface area contributed by atoms with Crippen molar-refractivity contribution in [3.8, 4) is 47.4 Å². The summed E-state index contributed by atoms with van der Waals surface area (Å²) in [4.78, 5) is 5.35. The first-order valence-electron chi connectivity index (χ1n) is 27.1. The summed E-state index contributed by atoms with van der Waals surface area (Å²) in [5.74, 6) is 0. The molecule has 8 aromatic carbocycles. The molecule has 12 rings (SSSR count). The fourth-order valence-electron chi connectivity index (χ4n) is 12.6. The number of thiophene rings is 2. The lowest BCUT2D eigenvalue weighted by atomic mass is 9.70. The zero-order valence-corrected chi connectivity index (χ0v) is 45.4. The van der Waals surface area contributed by atoms with Crippen molar-refractivity contribution in [1.82, 2.24) is 4.57 Å². The van der Waals surface area contributed by atoms with Gasteiger partial charge in [-0.2, -0.15) is 0 Å². The van der Waals surface area contributed by atoms with Gasteiger partial charge in [-0.05, 0) is 167 Å².